The van der Waals surface area contributed by atoms with Gasteiger partial charge in [0, 0.05) is 37.5 Å². The van der Waals surface area contributed by atoms with Crippen LogP contribution in [0.3, 0.4) is 0 Å². The van der Waals surface area contributed by atoms with Crippen LogP contribution in [0.15, 0.2) is 61.1 Å². The molecule has 2 fully saturated rings. The Morgan fingerprint density at radius 3 is 2.73 bits per heavy atom. The molecule has 0 radical (unpaired) electrons. The fraction of sp³-hybridized carbons (Fsp3) is 0.345. The van der Waals surface area contributed by atoms with E-state index in [1.54, 1.807) is 30.6 Å². The lowest BCUT2D eigenvalue weighted by Crippen LogP contribution is -2.57. The summed E-state index contributed by atoms with van der Waals surface area (Å²) in [6.45, 7) is -1.95. The molecule has 3 heterocycles. The molecule has 5 rings (SSSR count). The molecule has 2 amide bonds. The van der Waals surface area contributed by atoms with E-state index in [0.29, 0.717) is 16.9 Å². The zero-order chi connectivity index (χ0) is 29.1. The van der Waals surface area contributed by atoms with Gasteiger partial charge >= 0.3 is 5.92 Å². The van der Waals surface area contributed by atoms with Crippen LogP contribution in [0, 0.1) is 17.2 Å². The number of carbonyl (C=O) groups excluding carboxylic acids is 2. The molecule has 4 atom stereocenters. The van der Waals surface area contributed by atoms with E-state index in [0.717, 1.165) is 16.9 Å². The summed E-state index contributed by atoms with van der Waals surface area (Å²) in [6, 6.07) is 13.7. The molecule has 12 heteroatoms. The van der Waals surface area contributed by atoms with E-state index in [4.69, 9.17) is 9.84 Å². The van der Waals surface area contributed by atoms with Crippen LogP contribution in [0.1, 0.15) is 29.9 Å². The van der Waals surface area contributed by atoms with Crippen molar-refractivity contribution < 1.29 is 33.3 Å². The predicted octanol–water partition coefficient (Wildman–Crippen LogP) is 2.73. The molecular weight excluding hydrogens is 536 g/mol. The number of ether oxygens (including phenoxy) is 1. The Kier molecular flexibility index (Phi) is 7.92. The number of aromatic nitrogens is 2. The van der Waals surface area contributed by atoms with E-state index in [1.165, 1.54) is 18.3 Å². The van der Waals surface area contributed by atoms with E-state index in [9.17, 15) is 28.7 Å². The van der Waals surface area contributed by atoms with Crippen LogP contribution >= 0.6 is 0 Å². The van der Waals surface area contributed by atoms with Gasteiger partial charge in [-0.1, -0.05) is 12.1 Å². The van der Waals surface area contributed by atoms with Gasteiger partial charge in [-0.3, -0.25) is 14.6 Å². The van der Waals surface area contributed by atoms with Gasteiger partial charge < -0.3 is 25.2 Å². The first-order valence-corrected chi connectivity index (χ1v) is 13.0. The summed E-state index contributed by atoms with van der Waals surface area (Å²) in [7, 11) is 0. The van der Waals surface area contributed by atoms with E-state index >= 15 is 0 Å². The first-order chi connectivity index (χ1) is 19.7. The first kappa shape index (κ1) is 28.1. The van der Waals surface area contributed by atoms with Gasteiger partial charge in [-0.25, -0.2) is 13.8 Å². The standard InChI is InChI=1S/C29H27F2N5O5/c30-29(31)16-36(28(40)23(38)15-37)9-6-25(29)41-24-4-3-17(10-20(24)13-32)18-5-8-34-26(11-18)35-27(39)22-12-21(22)19-2-1-7-33-14-19/h1-5,7-8,10-11,14,21-23,25,37-38H,6,9,12,15-16H2,(H,34,35,39)/t21-,22+,23-,25-/m0/s1. The third kappa shape index (κ3) is 6.16. The maximum absolute atomic E-state index is 14.9. The molecule has 0 spiro atoms. The van der Waals surface area contributed by atoms with Gasteiger partial charge in [-0.15, -0.1) is 0 Å². The number of hydrogen-bond acceptors (Lipinski definition) is 8. The summed E-state index contributed by atoms with van der Waals surface area (Å²) >= 11 is 0. The highest BCUT2D eigenvalue weighted by Gasteiger charge is 2.48. The van der Waals surface area contributed by atoms with Gasteiger partial charge in [0.2, 0.25) is 5.91 Å². The van der Waals surface area contributed by atoms with E-state index in [-0.39, 0.29) is 42.0 Å². The number of carbonyl (C=O) groups is 2. The molecule has 1 saturated heterocycles. The number of piperidine rings is 1. The molecule has 3 N–H and O–H groups in total. The van der Waals surface area contributed by atoms with Gasteiger partial charge in [-0.2, -0.15) is 5.26 Å². The topological polar surface area (TPSA) is 149 Å². The van der Waals surface area contributed by atoms with Crippen LogP contribution in [0.2, 0.25) is 0 Å². The lowest BCUT2D eigenvalue weighted by molar-refractivity contribution is -0.167. The lowest BCUT2D eigenvalue weighted by Gasteiger charge is -2.38. The minimum atomic E-state index is -3.45. The zero-order valence-electron chi connectivity index (χ0n) is 21.8. The van der Waals surface area contributed by atoms with Crippen molar-refractivity contribution in [3.63, 3.8) is 0 Å². The molecular formula is C29H27F2N5O5. The number of benzene rings is 1. The summed E-state index contributed by atoms with van der Waals surface area (Å²) in [5, 5.41) is 31.0. The Morgan fingerprint density at radius 1 is 1.22 bits per heavy atom. The number of amides is 2. The van der Waals surface area contributed by atoms with Crippen molar-refractivity contribution in [2.24, 2.45) is 5.92 Å². The highest BCUT2D eigenvalue weighted by molar-refractivity contribution is 5.95. The Morgan fingerprint density at radius 2 is 2.02 bits per heavy atom. The second-order valence-electron chi connectivity index (χ2n) is 10.1. The highest BCUT2D eigenvalue weighted by Crippen LogP contribution is 2.47. The molecule has 2 aromatic heterocycles. The average molecular weight is 564 g/mol. The molecule has 1 aliphatic carbocycles. The van der Waals surface area contributed by atoms with Crippen LogP contribution < -0.4 is 10.1 Å². The Bertz CT molecular complexity index is 1480. The maximum Gasteiger partial charge on any atom is 0.301 e. The van der Waals surface area contributed by atoms with E-state index < -0.39 is 37.2 Å². The number of rotatable bonds is 8. The number of aliphatic hydroxyl groups is 2. The number of nitrogens with zero attached hydrogens (tertiary/aromatic N) is 4. The van der Waals surface area contributed by atoms with Gasteiger partial charge in [0.15, 0.2) is 12.2 Å². The molecule has 1 saturated carbocycles. The molecule has 3 aromatic rings. The summed E-state index contributed by atoms with van der Waals surface area (Å²) in [5.74, 6) is -4.33. The highest BCUT2D eigenvalue weighted by atomic mass is 19.3. The van der Waals surface area contributed by atoms with Crippen molar-refractivity contribution >= 4 is 17.6 Å². The quantitative estimate of drug-likeness (QED) is 0.379. The monoisotopic (exact) mass is 563 g/mol. The maximum atomic E-state index is 14.9. The summed E-state index contributed by atoms with van der Waals surface area (Å²) in [5.41, 5.74) is 2.29. The van der Waals surface area contributed by atoms with Gasteiger partial charge in [0.1, 0.15) is 17.6 Å². The van der Waals surface area contributed by atoms with Crippen LogP contribution in [-0.2, 0) is 9.59 Å². The molecule has 1 aromatic carbocycles. The number of alkyl halides is 2. The van der Waals surface area contributed by atoms with Crippen molar-refractivity contribution in [3.05, 3.63) is 72.2 Å². The normalized spacial score (nSPS) is 21.8. The van der Waals surface area contributed by atoms with Crippen LogP contribution in [-0.4, -0.2) is 74.7 Å². The van der Waals surface area contributed by atoms with Crippen molar-refractivity contribution in [2.75, 3.05) is 25.0 Å². The summed E-state index contributed by atoms with van der Waals surface area (Å²) < 4.78 is 35.3. The molecule has 212 valence electrons. The molecule has 10 nitrogen and oxygen atoms in total. The Labute approximate surface area is 234 Å². The molecule has 0 unspecified atom stereocenters. The summed E-state index contributed by atoms with van der Waals surface area (Å²) in [4.78, 5) is 33.9. The Hall–Kier alpha value is -4.47. The minimum absolute atomic E-state index is 0.0335. The molecule has 41 heavy (non-hydrogen) atoms. The van der Waals surface area contributed by atoms with Gasteiger partial charge in [-0.05, 0) is 59.4 Å². The number of nitriles is 1. The smallest absolute Gasteiger partial charge is 0.301 e. The Balaban J connectivity index is 1.25. The number of pyridine rings is 2. The van der Waals surface area contributed by atoms with Crippen molar-refractivity contribution in [2.45, 2.75) is 36.9 Å². The second kappa shape index (κ2) is 11.6. The van der Waals surface area contributed by atoms with Crippen LogP contribution in [0.5, 0.6) is 5.75 Å². The third-order valence-corrected chi connectivity index (χ3v) is 7.26. The van der Waals surface area contributed by atoms with Crippen LogP contribution in [0.25, 0.3) is 11.1 Å². The molecule has 0 bridgehead atoms. The van der Waals surface area contributed by atoms with E-state index in [2.05, 4.69) is 15.3 Å². The zero-order valence-corrected chi connectivity index (χ0v) is 21.8. The van der Waals surface area contributed by atoms with Crippen molar-refractivity contribution in [3.8, 4) is 22.9 Å². The fourth-order valence-electron chi connectivity index (χ4n) is 4.94. The van der Waals surface area contributed by atoms with E-state index in [1.807, 2.05) is 18.2 Å². The number of likely N-dealkylation sites (tertiary alicyclic amines) is 1. The predicted molar refractivity (Wildman–Crippen MR) is 142 cm³/mol. The SMILES string of the molecule is N#Cc1cc(-c2ccnc(NC(=O)[C@@H]3C[C@H]3c3cccnc3)c2)ccc1O[C@H]1CCN(C(=O)[C@@H](O)CO)CC1(F)F. The number of halogens is 2. The average Bonchev–Trinajstić information content (AvgIpc) is 3.79. The summed E-state index contributed by atoms with van der Waals surface area (Å²) in [6.07, 6.45) is 2.09. The number of hydrogen-bond donors (Lipinski definition) is 3. The minimum Gasteiger partial charge on any atom is -0.483 e. The first-order valence-electron chi connectivity index (χ1n) is 13.0. The molecule has 1 aliphatic heterocycles. The van der Waals surface area contributed by atoms with Crippen molar-refractivity contribution in [1.82, 2.24) is 14.9 Å². The second-order valence-corrected chi connectivity index (χ2v) is 10.1. The van der Waals surface area contributed by atoms with Crippen LogP contribution in [0.4, 0.5) is 14.6 Å². The third-order valence-electron chi connectivity index (χ3n) is 7.26. The molecule has 2 aliphatic rings. The lowest BCUT2D eigenvalue weighted by atomic mass is 10.0. The fourth-order valence-corrected chi connectivity index (χ4v) is 4.94. The number of aliphatic hydroxyl groups excluding tert-OH is 2. The largest absolute Gasteiger partial charge is 0.483 e. The number of nitrogens with one attached hydrogen (secondary N) is 1. The van der Waals surface area contributed by atoms with Crippen molar-refractivity contribution in [1.29, 1.82) is 5.26 Å². The number of anilines is 1. The van der Waals surface area contributed by atoms with Gasteiger partial charge in [0.25, 0.3) is 5.91 Å². The van der Waals surface area contributed by atoms with Gasteiger partial charge in [0.05, 0.1) is 18.7 Å².